The van der Waals surface area contributed by atoms with Gasteiger partial charge in [0, 0.05) is 12.6 Å². The minimum Gasteiger partial charge on any atom is -0.369 e. The van der Waals surface area contributed by atoms with E-state index in [9.17, 15) is 0 Å². The Morgan fingerprint density at radius 1 is 1.38 bits per heavy atom. The second-order valence-corrected chi connectivity index (χ2v) is 3.85. The topological polar surface area (TPSA) is 43.8 Å². The average molecular weight is 195 g/mol. The first-order valence-corrected chi connectivity index (χ1v) is 4.95. The summed E-state index contributed by atoms with van der Waals surface area (Å²) in [5, 5.41) is 0. The lowest BCUT2D eigenvalue weighted by molar-refractivity contribution is 0.648. The summed E-state index contributed by atoms with van der Waals surface area (Å²) in [6.07, 6.45) is 4.53. The van der Waals surface area contributed by atoms with Gasteiger partial charge in [0.1, 0.15) is 4.64 Å². The Morgan fingerprint density at radius 3 is 2.85 bits per heavy atom. The summed E-state index contributed by atoms with van der Waals surface area (Å²) in [6.45, 7) is 0. The Bertz CT molecular complexity index is 395. The van der Waals surface area contributed by atoms with Crippen molar-refractivity contribution in [3.8, 4) is 0 Å². The molecule has 13 heavy (non-hydrogen) atoms. The molecule has 0 spiro atoms. The van der Waals surface area contributed by atoms with Gasteiger partial charge in [0.25, 0.3) is 0 Å². The highest BCUT2D eigenvalue weighted by molar-refractivity contribution is 7.71. The molecule has 0 unspecified atom stereocenters. The fourth-order valence-corrected chi connectivity index (χ4v) is 2.08. The molecule has 0 aromatic carbocycles. The number of fused-ring (bicyclic) bond motifs is 1. The van der Waals surface area contributed by atoms with Crippen molar-refractivity contribution in [2.24, 2.45) is 7.05 Å². The van der Waals surface area contributed by atoms with Crippen LogP contribution in [0.25, 0.3) is 0 Å². The van der Waals surface area contributed by atoms with Crippen molar-refractivity contribution >= 4 is 18.2 Å². The van der Waals surface area contributed by atoms with E-state index in [1.807, 2.05) is 7.05 Å². The van der Waals surface area contributed by atoms with Crippen LogP contribution >= 0.6 is 12.2 Å². The van der Waals surface area contributed by atoms with Crippen molar-refractivity contribution in [2.45, 2.75) is 25.7 Å². The van der Waals surface area contributed by atoms with Gasteiger partial charge in [-0.1, -0.05) is 12.2 Å². The average Bonchev–Trinajstić information content (AvgIpc) is 2.15. The molecule has 0 aliphatic heterocycles. The van der Waals surface area contributed by atoms with E-state index in [2.05, 4.69) is 4.98 Å². The highest BCUT2D eigenvalue weighted by atomic mass is 32.1. The molecule has 70 valence electrons. The van der Waals surface area contributed by atoms with Crippen molar-refractivity contribution in [3.63, 3.8) is 0 Å². The van der Waals surface area contributed by atoms with Crippen LogP contribution in [0.4, 0.5) is 5.95 Å². The van der Waals surface area contributed by atoms with Gasteiger partial charge in [-0.05, 0) is 25.7 Å². The Balaban J connectivity index is 2.68. The molecular weight excluding hydrogens is 182 g/mol. The molecule has 0 radical (unpaired) electrons. The summed E-state index contributed by atoms with van der Waals surface area (Å²) in [7, 11) is 1.87. The van der Waals surface area contributed by atoms with Gasteiger partial charge in [-0.2, -0.15) is 0 Å². The number of nitrogens with zero attached hydrogens (tertiary/aromatic N) is 2. The van der Waals surface area contributed by atoms with E-state index in [1.54, 1.807) is 4.57 Å². The van der Waals surface area contributed by atoms with E-state index < -0.39 is 0 Å². The molecule has 0 atom stereocenters. The zero-order chi connectivity index (χ0) is 9.42. The van der Waals surface area contributed by atoms with Crippen LogP contribution in [-0.2, 0) is 19.9 Å². The molecule has 0 amide bonds. The van der Waals surface area contributed by atoms with Gasteiger partial charge in [-0.15, -0.1) is 0 Å². The number of hydrogen-bond donors (Lipinski definition) is 1. The molecule has 0 saturated heterocycles. The molecular formula is C9H13N3S. The number of aromatic nitrogens is 2. The first-order chi connectivity index (χ1) is 6.20. The molecule has 3 nitrogen and oxygen atoms in total. The lowest BCUT2D eigenvalue weighted by Gasteiger charge is -2.17. The first kappa shape index (κ1) is 8.69. The minimum absolute atomic E-state index is 0.533. The second kappa shape index (κ2) is 3.10. The Kier molecular flexibility index (Phi) is 2.07. The fourth-order valence-electron chi connectivity index (χ4n) is 1.76. The van der Waals surface area contributed by atoms with Crippen molar-refractivity contribution in [2.75, 3.05) is 5.73 Å². The largest absolute Gasteiger partial charge is 0.369 e. The highest BCUT2D eigenvalue weighted by Gasteiger charge is 2.14. The van der Waals surface area contributed by atoms with Gasteiger partial charge in [-0.25, -0.2) is 4.98 Å². The van der Waals surface area contributed by atoms with E-state index in [4.69, 9.17) is 18.0 Å². The molecule has 2 rings (SSSR count). The minimum atomic E-state index is 0.533. The lowest BCUT2D eigenvalue weighted by atomic mass is 9.97. The summed E-state index contributed by atoms with van der Waals surface area (Å²) in [5.41, 5.74) is 8.08. The maximum Gasteiger partial charge on any atom is 0.201 e. The first-order valence-electron chi connectivity index (χ1n) is 4.54. The van der Waals surface area contributed by atoms with Crippen molar-refractivity contribution in [1.29, 1.82) is 0 Å². The Morgan fingerprint density at radius 2 is 2.08 bits per heavy atom. The van der Waals surface area contributed by atoms with E-state index in [0.717, 1.165) is 23.2 Å². The normalized spacial score (nSPS) is 15.5. The summed E-state index contributed by atoms with van der Waals surface area (Å²) in [4.78, 5) is 4.35. The third-order valence-corrected chi connectivity index (χ3v) is 3.11. The van der Waals surface area contributed by atoms with Gasteiger partial charge in [-0.3, -0.25) is 0 Å². The fraction of sp³-hybridized carbons (Fsp3) is 0.556. The van der Waals surface area contributed by atoms with Crippen molar-refractivity contribution in [3.05, 3.63) is 15.9 Å². The standard InChI is InChI=1S/C9H13N3S/c1-12-8(13)6-4-2-3-5-7(6)11-9(12)10/h2-5H2,1H3,(H2,10,11). The Labute approximate surface area is 82.6 Å². The van der Waals surface area contributed by atoms with Gasteiger partial charge in [0.15, 0.2) is 0 Å². The number of nitrogens with two attached hydrogens (primary N) is 1. The zero-order valence-electron chi connectivity index (χ0n) is 7.71. The Hall–Kier alpha value is -0.900. The van der Waals surface area contributed by atoms with E-state index in [0.29, 0.717) is 5.95 Å². The summed E-state index contributed by atoms with van der Waals surface area (Å²) in [6, 6.07) is 0. The molecule has 1 aliphatic rings. The maximum absolute atomic E-state index is 5.73. The predicted molar refractivity (Wildman–Crippen MR) is 55.1 cm³/mol. The molecule has 2 N–H and O–H groups in total. The number of rotatable bonds is 0. The smallest absolute Gasteiger partial charge is 0.201 e. The summed E-state index contributed by atoms with van der Waals surface area (Å²) >= 11 is 5.31. The number of nitrogen functional groups attached to an aromatic ring is 1. The molecule has 1 heterocycles. The monoisotopic (exact) mass is 195 g/mol. The van der Waals surface area contributed by atoms with Crippen LogP contribution in [0.15, 0.2) is 0 Å². The third kappa shape index (κ3) is 1.35. The van der Waals surface area contributed by atoms with Crippen molar-refractivity contribution < 1.29 is 0 Å². The van der Waals surface area contributed by atoms with Gasteiger partial charge in [0.05, 0.1) is 5.69 Å². The number of hydrogen-bond acceptors (Lipinski definition) is 3. The van der Waals surface area contributed by atoms with Crippen LogP contribution in [0.3, 0.4) is 0 Å². The SMILES string of the molecule is Cn1c(N)nc2c(c1=S)CCCC2. The third-order valence-electron chi connectivity index (χ3n) is 2.59. The van der Waals surface area contributed by atoms with Gasteiger partial charge >= 0.3 is 0 Å². The van der Waals surface area contributed by atoms with E-state index in [1.165, 1.54) is 18.4 Å². The second-order valence-electron chi connectivity index (χ2n) is 3.47. The van der Waals surface area contributed by atoms with Crippen molar-refractivity contribution in [1.82, 2.24) is 9.55 Å². The maximum atomic E-state index is 5.73. The van der Waals surface area contributed by atoms with E-state index in [-0.39, 0.29) is 0 Å². The van der Waals surface area contributed by atoms with Crippen LogP contribution in [0.5, 0.6) is 0 Å². The van der Waals surface area contributed by atoms with E-state index >= 15 is 0 Å². The summed E-state index contributed by atoms with van der Waals surface area (Å²) in [5.74, 6) is 0.533. The molecule has 1 aromatic rings. The molecule has 1 aromatic heterocycles. The van der Waals surface area contributed by atoms with Crippen LogP contribution in [-0.4, -0.2) is 9.55 Å². The van der Waals surface area contributed by atoms with Gasteiger partial charge < -0.3 is 10.3 Å². The quantitative estimate of drug-likeness (QED) is 0.640. The van der Waals surface area contributed by atoms with Gasteiger partial charge in [0.2, 0.25) is 5.95 Å². The zero-order valence-corrected chi connectivity index (χ0v) is 8.52. The molecule has 4 heteroatoms. The molecule has 0 saturated carbocycles. The molecule has 0 fully saturated rings. The molecule has 1 aliphatic carbocycles. The lowest BCUT2D eigenvalue weighted by Crippen LogP contribution is -2.14. The van der Waals surface area contributed by atoms with Crippen LogP contribution in [0.1, 0.15) is 24.1 Å². The number of aryl methyl sites for hydroxylation is 1. The van der Waals surface area contributed by atoms with Crippen LogP contribution < -0.4 is 5.73 Å². The predicted octanol–water partition coefficient (Wildman–Crippen LogP) is 1.61. The number of anilines is 1. The van der Waals surface area contributed by atoms with Crippen LogP contribution in [0, 0.1) is 4.64 Å². The van der Waals surface area contributed by atoms with Crippen LogP contribution in [0.2, 0.25) is 0 Å². The molecule has 0 bridgehead atoms. The summed E-state index contributed by atoms with van der Waals surface area (Å²) < 4.78 is 2.65. The highest BCUT2D eigenvalue weighted by Crippen LogP contribution is 2.21.